The van der Waals surface area contributed by atoms with Gasteiger partial charge in [0.25, 0.3) is 0 Å². The predicted octanol–water partition coefficient (Wildman–Crippen LogP) is 3.66. The van der Waals surface area contributed by atoms with E-state index in [1.54, 1.807) is 0 Å². The lowest BCUT2D eigenvalue weighted by atomic mass is 9.95. The van der Waals surface area contributed by atoms with Crippen molar-refractivity contribution in [3.8, 4) is 11.1 Å². The van der Waals surface area contributed by atoms with E-state index in [0.29, 0.717) is 0 Å². The molecule has 1 saturated heterocycles. The molecule has 1 heterocycles. The molecule has 114 valence electrons. The van der Waals surface area contributed by atoms with Gasteiger partial charge in [-0.2, -0.15) is 0 Å². The summed E-state index contributed by atoms with van der Waals surface area (Å²) in [4.78, 5) is 2.51. The SMILES string of the molecule is C/C(=C/CN1CCNCC1)c1ccccc1-c1ccccc1. The standard InChI is InChI=1S/C20H24N2/c1-17(11-14-22-15-12-21-13-16-22)19-9-5-6-10-20(19)18-7-3-2-4-8-18/h2-11,21H,12-16H2,1H3/b17-11-. The van der Waals surface area contributed by atoms with Crippen molar-refractivity contribution < 1.29 is 0 Å². The lowest BCUT2D eigenvalue weighted by molar-refractivity contribution is 0.265. The van der Waals surface area contributed by atoms with Crippen molar-refractivity contribution in [2.75, 3.05) is 32.7 Å². The fourth-order valence-electron chi connectivity index (χ4n) is 2.97. The number of allylic oxidation sites excluding steroid dienone is 1. The van der Waals surface area contributed by atoms with Crippen LogP contribution >= 0.6 is 0 Å². The summed E-state index contributed by atoms with van der Waals surface area (Å²) in [6, 6.07) is 19.3. The van der Waals surface area contributed by atoms with Gasteiger partial charge in [0.15, 0.2) is 0 Å². The lowest BCUT2D eigenvalue weighted by Crippen LogP contribution is -2.43. The predicted molar refractivity (Wildman–Crippen MR) is 94.8 cm³/mol. The zero-order valence-corrected chi connectivity index (χ0v) is 13.3. The fraction of sp³-hybridized carbons (Fsp3) is 0.300. The van der Waals surface area contributed by atoms with Gasteiger partial charge >= 0.3 is 0 Å². The Morgan fingerprint density at radius 3 is 2.45 bits per heavy atom. The number of nitrogens with zero attached hydrogens (tertiary/aromatic N) is 1. The van der Waals surface area contributed by atoms with Crippen molar-refractivity contribution in [2.45, 2.75) is 6.92 Å². The molecule has 0 spiro atoms. The molecular formula is C20H24N2. The summed E-state index contributed by atoms with van der Waals surface area (Å²) in [7, 11) is 0. The molecule has 1 fully saturated rings. The van der Waals surface area contributed by atoms with Gasteiger partial charge < -0.3 is 5.32 Å². The van der Waals surface area contributed by atoms with E-state index < -0.39 is 0 Å². The summed E-state index contributed by atoms with van der Waals surface area (Å²) in [6.45, 7) is 7.76. The molecule has 1 aliphatic heterocycles. The smallest absolute Gasteiger partial charge is 0.0170 e. The van der Waals surface area contributed by atoms with Crippen molar-refractivity contribution in [1.82, 2.24) is 10.2 Å². The minimum Gasteiger partial charge on any atom is -0.314 e. The van der Waals surface area contributed by atoms with Crippen LogP contribution in [0.2, 0.25) is 0 Å². The van der Waals surface area contributed by atoms with E-state index in [1.165, 1.54) is 22.3 Å². The highest BCUT2D eigenvalue weighted by Crippen LogP contribution is 2.28. The van der Waals surface area contributed by atoms with Gasteiger partial charge in [-0.3, -0.25) is 4.90 Å². The molecule has 0 bridgehead atoms. The Balaban J connectivity index is 1.81. The first-order valence-corrected chi connectivity index (χ1v) is 8.09. The van der Waals surface area contributed by atoms with Gasteiger partial charge in [-0.15, -0.1) is 0 Å². The Labute approximate surface area is 133 Å². The molecule has 0 amide bonds. The average Bonchev–Trinajstić information content (AvgIpc) is 2.61. The van der Waals surface area contributed by atoms with E-state index in [9.17, 15) is 0 Å². The molecule has 1 N–H and O–H groups in total. The van der Waals surface area contributed by atoms with Crippen LogP contribution in [0, 0.1) is 0 Å². The maximum absolute atomic E-state index is 3.40. The summed E-state index contributed by atoms with van der Waals surface area (Å²) < 4.78 is 0. The van der Waals surface area contributed by atoms with Crippen LogP contribution in [0.15, 0.2) is 60.7 Å². The van der Waals surface area contributed by atoms with Gasteiger partial charge in [-0.05, 0) is 29.2 Å². The molecular weight excluding hydrogens is 268 g/mol. The van der Waals surface area contributed by atoms with Crippen LogP contribution in [0.3, 0.4) is 0 Å². The van der Waals surface area contributed by atoms with Gasteiger partial charge in [0.2, 0.25) is 0 Å². The second-order valence-corrected chi connectivity index (χ2v) is 5.85. The number of hydrogen-bond acceptors (Lipinski definition) is 2. The van der Waals surface area contributed by atoms with Crippen LogP contribution in [0.1, 0.15) is 12.5 Å². The maximum atomic E-state index is 3.40. The molecule has 22 heavy (non-hydrogen) atoms. The molecule has 0 unspecified atom stereocenters. The molecule has 0 radical (unpaired) electrons. The van der Waals surface area contributed by atoms with Crippen LogP contribution in [-0.4, -0.2) is 37.6 Å². The Morgan fingerprint density at radius 1 is 1.00 bits per heavy atom. The highest BCUT2D eigenvalue weighted by molar-refractivity contribution is 5.80. The largest absolute Gasteiger partial charge is 0.314 e. The van der Waals surface area contributed by atoms with E-state index in [0.717, 1.165) is 32.7 Å². The molecule has 0 atom stereocenters. The second kappa shape index (κ2) is 7.39. The first-order valence-electron chi connectivity index (χ1n) is 8.09. The summed E-state index contributed by atoms with van der Waals surface area (Å²) in [5.41, 5.74) is 5.30. The molecule has 0 saturated carbocycles. The molecule has 2 nitrogen and oxygen atoms in total. The average molecular weight is 292 g/mol. The van der Waals surface area contributed by atoms with Gasteiger partial charge in [0, 0.05) is 32.7 Å². The summed E-state index contributed by atoms with van der Waals surface area (Å²) in [6.07, 6.45) is 2.37. The second-order valence-electron chi connectivity index (χ2n) is 5.85. The summed E-state index contributed by atoms with van der Waals surface area (Å²) in [5, 5.41) is 3.40. The highest BCUT2D eigenvalue weighted by Gasteiger charge is 2.09. The van der Waals surface area contributed by atoms with Crippen LogP contribution in [-0.2, 0) is 0 Å². The Bertz CT molecular complexity index is 625. The minimum atomic E-state index is 1.04. The third kappa shape index (κ3) is 3.65. The Hall–Kier alpha value is -1.90. The van der Waals surface area contributed by atoms with Gasteiger partial charge in [0.05, 0.1) is 0 Å². The van der Waals surface area contributed by atoms with E-state index >= 15 is 0 Å². The van der Waals surface area contributed by atoms with E-state index in [-0.39, 0.29) is 0 Å². The third-order valence-electron chi connectivity index (χ3n) is 4.30. The van der Waals surface area contributed by atoms with Gasteiger partial charge in [-0.1, -0.05) is 60.7 Å². The number of piperazine rings is 1. The molecule has 0 aromatic heterocycles. The summed E-state index contributed by atoms with van der Waals surface area (Å²) in [5.74, 6) is 0. The lowest BCUT2D eigenvalue weighted by Gasteiger charge is -2.26. The van der Waals surface area contributed by atoms with Crippen molar-refractivity contribution in [1.29, 1.82) is 0 Å². The number of rotatable bonds is 4. The number of benzene rings is 2. The normalized spacial score (nSPS) is 16.7. The number of nitrogens with one attached hydrogen (secondary N) is 1. The van der Waals surface area contributed by atoms with Crippen LogP contribution in [0.25, 0.3) is 16.7 Å². The van der Waals surface area contributed by atoms with E-state index in [2.05, 4.69) is 77.8 Å². The number of hydrogen-bond donors (Lipinski definition) is 1. The zero-order chi connectivity index (χ0) is 15.2. The first kappa shape index (κ1) is 15.0. The zero-order valence-electron chi connectivity index (χ0n) is 13.3. The molecule has 2 heteroatoms. The Morgan fingerprint density at radius 2 is 1.68 bits per heavy atom. The molecule has 3 rings (SSSR count). The highest BCUT2D eigenvalue weighted by atomic mass is 15.2. The third-order valence-corrected chi connectivity index (χ3v) is 4.30. The van der Waals surface area contributed by atoms with Gasteiger partial charge in [0.1, 0.15) is 0 Å². The summed E-state index contributed by atoms with van der Waals surface area (Å²) >= 11 is 0. The van der Waals surface area contributed by atoms with E-state index in [4.69, 9.17) is 0 Å². The van der Waals surface area contributed by atoms with Crippen molar-refractivity contribution in [3.63, 3.8) is 0 Å². The van der Waals surface area contributed by atoms with Crippen LogP contribution < -0.4 is 5.32 Å². The van der Waals surface area contributed by atoms with Crippen molar-refractivity contribution >= 4 is 5.57 Å². The molecule has 0 aliphatic carbocycles. The van der Waals surface area contributed by atoms with Crippen molar-refractivity contribution in [3.05, 3.63) is 66.2 Å². The van der Waals surface area contributed by atoms with E-state index in [1.807, 2.05) is 0 Å². The maximum Gasteiger partial charge on any atom is 0.0170 e. The molecule has 2 aromatic rings. The fourth-order valence-corrected chi connectivity index (χ4v) is 2.97. The molecule has 1 aliphatic rings. The minimum absolute atomic E-state index is 1.04. The molecule has 2 aromatic carbocycles. The monoisotopic (exact) mass is 292 g/mol. The van der Waals surface area contributed by atoms with Crippen LogP contribution in [0.5, 0.6) is 0 Å². The Kier molecular flexibility index (Phi) is 5.04. The van der Waals surface area contributed by atoms with Crippen molar-refractivity contribution in [2.24, 2.45) is 0 Å². The first-order chi connectivity index (χ1) is 10.8. The van der Waals surface area contributed by atoms with Gasteiger partial charge in [-0.25, -0.2) is 0 Å². The van der Waals surface area contributed by atoms with Crippen LogP contribution in [0.4, 0.5) is 0 Å². The topological polar surface area (TPSA) is 15.3 Å². The quantitative estimate of drug-likeness (QED) is 0.925.